The number of hydrogen-bond donors (Lipinski definition) is 1. The Hall–Kier alpha value is -2.26. The summed E-state index contributed by atoms with van der Waals surface area (Å²) in [7, 11) is 2.06. The topological polar surface area (TPSA) is 72.8 Å². The first-order chi connectivity index (χ1) is 16.5. The third-order valence-electron chi connectivity index (χ3n) is 6.40. The molecule has 34 heavy (non-hydrogen) atoms. The summed E-state index contributed by atoms with van der Waals surface area (Å²) in [4.78, 5) is 30.0. The summed E-state index contributed by atoms with van der Waals surface area (Å²) in [6, 6.07) is 8.11. The number of pyridine rings is 1. The van der Waals surface area contributed by atoms with Crippen molar-refractivity contribution in [2.24, 2.45) is 0 Å². The first-order valence-corrected chi connectivity index (χ1v) is 13.1. The van der Waals surface area contributed by atoms with Gasteiger partial charge in [0, 0.05) is 36.7 Å². The Morgan fingerprint density at radius 2 is 2.00 bits per heavy atom. The molecule has 4 rings (SSSR count). The lowest BCUT2D eigenvalue weighted by molar-refractivity contribution is 0.0454. The number of carbonyl (C=O) groups excluding carboxylic acids is 1. The normalized spacial score (nSPS) is 16.6. The number of rotatable bonds is 11. The number of amides is 1. The van der Waals surface area contributed by atoms with Crippen molar-refractivity contribution in [1.29, 1.82) is 0 Å². The minimum absolute atomic E-state index is 0.0403. The molecule has 0 bridgehead atoms. The molecular weight excluding hydrogens is 450 g/mol. The lowest BCUT2D eigenvalue weighted by atomic mass is 10.1. The first kappa shape index (κ1) is 24.9. The van der Waals surface area contributed by atoms with E-state index in [1.807, 2.05) is 35.8 Å². The maximum atomic E-state index is 13.8. The average molecular weight is 486 g/mol. The maximum absolute atomic E-state index is 13.8. The highest BCUT2D eigenvalue weighted by atomic mass is 32.1. The lowest BCUT2D eigenvalue weighted by Crippen LogP contribution is -2.36. The molecule has 184 valence electrons. The van der Waals surface area contributed by atoms with Crippen LogP contribution in [-0.2, 0) is 22.6 Å². The molecule has 3 heterocycles. The standard InChI is InChI=1S/C26H35N3O4S/c1-4-6-12-29-21-10-8-7-9-19(21)23-22(26(29)31)20(17-33-15-14-32-5-2)24(34-23)25(30)27-18-11-13-28(3)16-18/h7-10,18H,4-6,11-17H2,1-3H3,(H,27,30). The molecule has 7 nitrogen and oxygen atoms in total. The van der Waals surface area contributed by atoms with E-state index in [0.717, 1.165) is 48.0 Å². The van der Waals surface area contributed by atoms with Gasteiger partial charge in [-0.15, -0.1) is 11.3 Å². The molecule has 1 aliphatic rings. The highest BCUT2D eigenvalue weighted by molar-refractivity contribution is 7.22. The van der Waals surface area contributed by atoms with E-state index in [1.54, 1.807) is 0 Å². The molecule has 1 atom stereocenters. The molecule has 1 unspecified atom stereocenters. The Morgan fingerprint density at radius 1 is 1.21 bits per heavy atom. The second-order valence-corrected chi connectivity index (χ2v) is 9.93. The van der Waals surface area contributed by atoms with Crippen LogP contribution in [0.1, 0.15) is 48.3 Å². The summed E-state index contributed by atoms with van der Waals surface area (Å²) in [5, 5.41) is 4.82. The third-order valence-corrected chi connectivity index (χ3v) is 7.66. The Labute approximate surface area is 204 Å². The molecule has 1 aliphatic heterocycles. The van der Waals surface area contributed by atoms with Crippen molar-refractivity contribution in [3.63, 3.8) is 0 Å². The molecule has 2 aromatic heterocycles. The van der Waals surface area contributed by atoms with Crippen LogP contribution in [0.4, 0.5) is 0 Å². The Kier molecular flexibility index (Phi) is 8.37. The molecule has 0 radical (unpaired) electrons. The third kappa shape index (κ3) is 5.20. The second-order valence-electron chi connectivity index (χ2n) is 8.91. The fourth-order valence-corrected chi connectivity index (χ4v) is 5.86. The summed E-state index contributed by atoms with van der Waals surface area (Å²) in [5.41, 5.74) is 1.57. The highest BCUT2D eigenvalue weighted by Gasteiger charge is 2.27. The van der Waals surface area contributed by atoms with E-state index in [0.29, 0.717) is 42.2 Å². The molecule has 1 N–H and O–H groups in total. The van der Waals surface area contributed by atoms with Gasteiger partial charge in [0.1, 0.15) is 0 Å². The molecule has 1 saturated heterocycles. The average Bonchev–Trinajstić information content (AvgIpc) is 3.42. The van der Waals surface area contributed by atoms with Crippen molar-refractivity contribution in [2.45, 2.75) is 52.3 Å². The number of hydrogen-bond acceptors (Lipinski definition) is 6. The molecule has 1 amide bonds. The zero-order valence-corrected chi connectivity index (χ0v) is 21.2. The van der Waals surface area contributed by atoms with Crippen molar-refractivity contribution >= 4 is 38.2 Å². The number of likely N-dealkylation sites (N-methyl/N-ethyl adjacent to an activating group) is 1. The van der Waals surface area contributed by atoms with Crippen LogP contribution in [0.2, 0.25) is 0 Å². The molecule has 1 aromatic carbocycles. The highest BCUT2D eigenvalue weighted by Crippen LogP contribution is 2.35. The molecule has 3 aromatic rings. The number of nitrogens with zero attached hydrogens (tertiary/aromatic N) is 2. The molecular formula is C26H35N3O4S. The number of nitrogens with one attached hydrogen (secondary N) is 1. The van der Waals surface area contributed by atoms with Crippen molar-refractivity contribution in [2.75, 3.05) is 40.0 Å². The summed E-state index contributed by atoms with van der Waals surface area (Å²) in [6.07, 6.45) is 2.85. The molecule has 0 aliphatic carbocycles. The summed E-state index contributed by atoms with van der Waals surface area (Å²) in [6.45, 7) is 8.26. The van der Waals surface area contributed by atoms with Crippen LogP contribution in [0.3, 0.4) is 0 Å². The van der Waals surface area contributed by atoms with Crippen LogP contribution < -0.4 is 10.9 Å². The Morgan fingerprint density at radius 3 is 2.74 bits per heavy atom. The fourth-order valence-electron chi connectivity index (χ4n) is 4.63. The van der Waals surface area contributed by atoms with Crippen molar-refractivity contribution in [1.82, 2.24) is 14.8 Å². The van der Waals surface area contributed by atoms with Gasteiger partial charge in [0.15, 0.2) is 0 Å². The van der Waals surface area contributed by atoms with Gasteiger partial charge >= 0.3 is 0 Å². The second kappa shape index (κ2) is 11.4. The quantitative estimate of drug-likeness (QED) is 0.416. The summed E-state index contributed by atoms with van der Waals surface area (Å²) < 4.78 is 14.0. The fraction of sp³-hybridized carbons (Fsp3) is 0.538. The van der Waals surface area contributed by atoms with Gasteiger partial charge in [0.2, 0.25) is 0 Å². The van der Waals surface area contributed by atoms with Crippen LogP contribution in [-0.4, -0.2) is 61.4 Å². The molecule has 8 heteroatoms. The van der Waals surface area contributed by atoms with E-state index in [9.17, 15) is 9.59 Å². The minimum Gasteiger partial charge on any atom is -0.379 e. The van der Waals surface area contributed by atoms with Gasteiger partial charge in [-0.3, -0.25) is 9.59 Å². The van der Waals surface area contributed by atoms with E-state index < -0.39 is 0 Å². The predicted octanol–water partition coefficient (Wildman–Crippen LogP) is 4.00. The van der Waals surface area contributed by atoms with Crippen LogP contribution in [0.15, 0.2) is 29.1 Å². The van der Waals surface area contributed by atoms with Gasteiger partial charge in [-0.2, -0.15) is 0 Å². The van der Waals surface area contributed by atoms with Gasteiger partial charge in [-0.05, 0) is 39.4 Å². The van der Waals surface area contributed by atoms with E-state index in [4.69, 9.17) is 9.47 Å². The maximum Gasteiger partial charge on any atom is 0.262 e. The molecule has 1 fully saturated rings. The number of benzene rings is 1. The number of aromatic nitrogens is 1. The number of fused-ring (bicyclic) bond motifs is 3. The van der Waals surface area contributed by atoms with Crippen molar-refractivity contribution in [3.8, 4) is 0 Å². The largest absolute Gasteiger partial charge is 0.379 e. The van der Waals surface area contributed by atoms with Crippen LogP contribution in [0.25, 0.3) is 21.0 Å². The summed E-state index contributed by atoms with van der Waals surface area (Å²) in [5.74, 6) is -0.117. The Balaban J connectivity index is 1.80. The van der Waals surface area contributed by atoms with E-state index >= 15 is 0 Å². The van der Waals surface area contributed by atoms with Gasteiger partial charge in [0.25, 0.3) is 11.5 Å². The predicted molar refractivity (Wildman–Crippen MR) is 138 cm³/mol. The van der Waals surface area contributed by atoms with E-state index in [2.05, 4.69) is 24.2 Å². The molecule has 0 spiro atoms. The van der Waals surface area contributed by atoms with Crippen LogP contribution >= 0.6 is 11.3 Å². The van der Waals surface area contributed by atoms with Crippen molar-refractivity contribution in [3.05, 3.63) is 45.1 Å². The smallest absolute Gasteiger partial charge is 0.262 e. The van der Waals surface area contributed by atoms with E-state index in [-0.39, 0.29) is 24.1 Å². The zero-order chi connectivity index (χ0) is 24.1. The van der Waals surface area contributed by atoms with Crippen LogP contribution in [0.5, 0.6) is 0 Å². The lowest BCUT2D eigenvalue weighted by Gasteiger charge is -2.13. The van der Waals surface area contributed by atoms with E-state index in [1.165, 1.54) is 11.3 Å². The minimum atomic E-state index is -0.117. The van der Waals surface area contributed by atoms with Gasteiger partial charge in [-0.25, -0.2) is 0 Å². The number of para-hydroxylation sites is 1. The number of thiophene rings is 1. The van der Waals surface area contributed by atoms with Crippen LogP contribution in [0, 0.1) is 0 Å². The zero-order valence-electron chi connectivity index (χ0n) is 20.4. The Bertz CT molecular complexity index is 1200. The van der Waals surface area contributed by atoms with Gasteiger partial charge < -0.3 is 24.3 Å². The summed E-state index contributed by atoms with van der Waals surface area (Å²) >= 11 is 1.41. The number of aryl methyl sites for hydroxylation is 1. The van der Waals surface area contributed by atoms with Crippen molar-refractivity contribution < 1.29 is 14.3 Å². The number of ether oxygens (including phenoxy) is 2. The monoisotopic (exact) mass is 485 g/mol. The van der Waals surface area contributed by atoms with Gasteiger partial charge in [-0.1, -0.05) is 31.5 Å². The number of unbranched alkanes of at least 4 members (excludes halogenated alkanes) is 1. The number of likely N-dealkylation sites (tertiary alicyclic amines) is 1. The molecule has 0 saturated carbocycles. The number of carbonyl (C=O) groups is 1. The SMILES string of the molecule is CCCCn1c(=O)c2c(COCCOCC)c(C(=O)NC3CCN(C)C3)sc2c2ccccc21. The van der Waals surface area contributed by atoms with Gasteiger partial charge in [0.05, 0.1) is 40.3 Å². The first-order valence-electron chi connectivity index (χ1n) is 12.3.